The van der Waals surface area contributed by atoms with E-state index in [1.807, 2.05) is 0 Å². The van der Waals surface area contributed by atoms with E-state index in [-0.39, 0.29) is 31.4 Å². The Bertz CT molecular complexity index is 1290. The molecule has 4 rings (SSSR count). The number of rotatable bonds is 5. The minimum atomic E-state index is -0.925. The molecule has 4 heteroatoms. The summed E-state index contributed by atoms with van der Waals surface area (Å²) in [6.07, 6.45) is 2.27. The molecule has 0 amide bonds. The van der Waals surface area contributed by atoms with Gasteiger partial charge in [0.15, 0.2) is 0 Å². The molecule has 0 heterocycles. The molecule has 0 atom stereocenters. The Kier molecular flexibility index (Phi) is 7.13. The zero-order chi connectivity index (χ0) is 25.2. The second-order valence-corrected chi connectivity index (χ2v) is 12.4. The first-order valence-corrected chi connectivity index (χ1v) is 13.6. The van der Waals surface area contributed by atoms with Crippen molar-refractivity contribution in [2.24, 2.45) is 0 Å². The summed E-state index contributed by atoms with van der Waals surface area (Å²) in [4.78, 5) is 14.4. The number of aromatic carboxylic acids is 1. The van der Waals surface area contributed by atoms with Gasteiger partial charge in [0, 0.05) is 0 Å². The molecular formula is C31H32O3Se. The molecule has 0 bridgehead atoms. The molecule has 3 nitrogen and oxygen atoms in total. The number of carboxylic acids is 1. The van der Waals surface area contributed by atoms with Crippen molar-refractivity contribution in [3.63, 3.8) is 0 Å². The summed E-state index contributed by atoms with van der Waals surface area (Å²) < 4.78 is 7.71. The number of ether oxygens (including phenoxy) is 1. The van der Waals surface area contributed by atoms with Crippen molar-refractivity contribution in [3.8, 4) is 16.5 Å². The van der Waals surface area contributed by atoms with E-state index in [2.05, 4.69) is 81.8 Å². The molecule has 1 aliphatic carbocycles. The van der Waals surface area contributed by atoms with E-state index < -0.39 is 5.97 Å². The maximum atomic E-state index is 11.1. The Labute approximate surface area is 215 Å². The van der Waals surface area contributed by atoms with Gasteiger partial charge in [0.25, 0.3) is 0 Å². The van der Waals surface area contributed by atoms with E-state index in [0.717, 1.165) is 29.7 Å². The SMILES string of the molecule is Cc1ccc(COc2cc([Se]C#Cc3ccc(C(=O)O)cc3)cc3c2C(C)(C)CCC3(C)C)cc1. The number of fused-ring (bicyclic) bond motifs is 1. The minimum absolute atomic E-state index is 0.0521. The van der Waals surface area contributed by atoms with Gasteiger partial charge in [0.05, 0.1) is 0 Å². The Hall–Kier alpha value is -2.99. The molecule has 0 radical (unpaired) electrons. The van der Waals surface area contributed by atoms with Crippen LogP contribution in [0.25, 0.3) is 0 Å². The molecular weight excluding hydrogens is 499 g/mol. The van der Waals surface area contributed by atoms with Crippen molar-refractivity contribution in [2.75, 3.05) is 0 Å². The fourth-order valence-electron chi connectivity index (χ4n) is 4.56. The molecule has 1 aliphatic rings. The van der Waals surface area contributed by atoms with E-state index in [1.54, 1.807) is 24.3 Å². The summed E-state index contributed by atoms with van der Waals surface area (Å²) in [6.45, 7) is 11.9. The first-order chi connectivity index (χ1) is 16.5. The fourth-order valence-corrected chi connectivity index (χ4v) is 5.89. The van der Waals surface area contributed by atoms with Gasteiger partial charge in [0.1, 0.15) is 0 Å². The van der Waals surface area contributed by atoms with Crippen LogP contribution < -0.4 is 9.20 Å². The second-order valence-electron chi connectivity index (χ2n) is 10.6. The van der Waals surface area contributed by atoms with Gasteiger partial charge in [-0.05, 0) is 0 Å². The van der Waals surface area contributed by atoms with Gasteiger partial charge in [-0.3, -0.25) is 0 Å². The molecule has 35 heavy (non-hydrogen) atoms. The van der Waals surface area contributed by atoms with Crippen LogP contribution in [0.4, 0.5) is 0 Å². The number of hydrogen-bond acceptors (Lipinski definition) is 2. The monoisotopic (exact) mass is 532 g/mol. The quantitative estimate of drug-likeness (QED) is 0.327. The summed E-state index contributed by atoms with van der Waals surface area (Å²) in [5.41, 5.74) is 6.35. The predicted molar refractivity (Wildman–Crippen MR) is 143 cm³/mol. The van der Waals surface area contributed by atoms with Gasteiger partial charge in [-0.2, -0.15) is 0 Å². The van der Waals surface area contributed by atoms with Crippen molar-refractivity contribution in [3.05, 3.63) is 94.0 Å². The zero-order valence-corrected chi connectivity index (χ0v) is 22.8. The normalized spacial score (nSPS) is 15.5. The Balaban J connectivity index is 1.66. The Morgan fingerprint density at radius 2 is 1.63 bits per heavy atom. The van der Waals surface area contributed by atoms with Crippen molar-refractivity contribution >= 4 is 25.4 Å². The Morgan fingerprint density at radius 3 is 2.29 bits per heavy atom. The van der Waals surface area contributed by atoms with Crippen LogP contribution >= 0.6 is 0 Å². The molecule has 1 N–H and O–H groups in total. The van der Waals surface area contributed by atoms with Gasteiger partial charge in [-0.15, -0.1) is 0 Å². The van der Waals surface area contributed by atoms with Gasteiger partial charge in [-0.25, -0.2) is 0 Å². The molecule has 0 aromatic heterocycles. The van der Waals surface area contributed by atoms with E-state index in [1.165, 1.54) is 21.2 Å². The number of carbonyl (C=O) groups is 1. The average molecular weight is 532 g/mol. The van der Waals surface area contributed by atoms with Gasteiger partial charge < -0.3 is 0 Å². The number of carboxylic acid groups (broad SMARTS) is 1. The topological polar surface area (TPSA) is 46.5 Å². The molecule has 3 aromatic carbocycles. The Morgan fingerprint density at radius 1 is 0.971 bits per heavy atom. The fraction of sp³-hybridized carbons (Fsp3) is 0.323. The van der Waals surface area contributed by atoms with Crippen LogP contribution in [0.2, 0.25) is 0 Å². The summed E-state index contributed by atoms with van der Waals surface area (Å²) in [5, 5.41) is 9.09. The van der Waals surface area contributed by atoms with Crippen LogP contribution in [0, 0.1) is 17.7 Å². The van der Waals surface area contributed by atoms with Crippen molar-refractivity contribution in [2.45, 2.75) is 64.9 Å². The molecule has 0 unspecified atom stereocenters. The standard InChI is InChI=1S/C31H32O3Se/c1-21-6-8-23(9-7-21)20-34-27-19-25(18-26-28(27)31(4,5)16-15-30(26,2)3)35-17-14-22-10-12-24(13-11-22)29(32)33/h6-13,18-19H,15-16,20H2,1-5H3,(H,32,33). The molecule has 0 aliphatic heterocycles. The summed E-state index contributed by atoms with van der Waals surface area (Å²) in [5.74, 6) is 3.26. The van der Waals surface area contributed by atoms with Crippen molar-refractivity contribution in [1.29, 1.82) is 0 Å². The number of hydrogen-bond donors (Lipinski definition) is 1. The van der Waals surface area contributed by atoms with E-state index in [0.29, 0.717) is 6.61 Å². The third-order valence-corrected chi connectivity index (χ3v) is 8.28. The van der Waals surface area contributed by atoms with Crippen LogP contribution in [0.3, 0.4) is 0 Å². The summed E-state index contributed by atoms with van der Waals surface area (Å²) in [6, 6.07) is 19.8. The second kappa shape index (κ2) is 9.94. The van der Waals surface area contributed by atoms with Crippen molar-refractivity contribution in [1.82, 2.24) is 0 Å². The molecule has 0 fully saturated rings. The first-order valence-electron chi connectivity index (χ1n) is 11.9. The van der Waals surface area contributed by atoms with Crippen LogP contribution in [0.5, 0.6) is 5.75 Å². The molecule has 0 saturated heterocycles. The first kappa shape index (κ1) is 25.1. The van der Waals surface area contributed by atoms with E-state index in [4.69, 9.17) is 9.84 Å². The average Bonchev–Trinajstić information content (AvgIpc) is 2.82. The molecule has 0 spiro atoms. The third-order valence-electron chi connectivity index (χ3n) is 6.87. The molecule has 3 aromatic rings. The summed E-state index contributed by atoms with van der Waals surface area (Å²) in [7, 11) is 0. The predicted octanol–water partition coefficient (Wildman–Crippen LogP) is 5.96. The van der Waals surface area contributed by atoms with Crippen LogP contribution in [-0.4, -0.2) is 26.0 Å². The van der Waals surface area contributed by atoms with Gasteiger partial charge in [0.2, 0.25) is 0 Å². The zero-order valence-electron chi connectivity index (χ0n) is 21.1. The van der Waals surface area contributed by atoms with E-state index in [9.17, 15) is 4.79 Å². The van der Waals surface area contributed by atoms with Crippen LogP contribution in [0.1, 0.15) is 78.7 Å². The van der Waals surface area contributed by atoms with E-state index >= 15 is 0 Å². The molecule has 0 saturated carbocycles. The third kappa shape index (κ3) is 5.81. The van der Waals surface area contributed by atoms with Gasteiger partial charge >= 0.3 is 215 Å². The maximum absolute atomic E-state index is 11.1. The van der Waals surface area contributed by atoms with Crippen molar-refractivity contribution < 1.29 is 14.6 Å². The number of benzene rings is 3. The molecule has 180 valence electrons. The van der Waals surface area contributed by atoms with Crippen LogP contribution in [0.15, 0.2) is 60.7 Å². The summed E-state index contributed by atoms with van der Waals surface area (Å²) >= 11 is -0.0554. The van der Waals surface area contributed by atoms with Crippen LogP contribution in [-0.2, 0) is 17.4 Å². The van der Waals surface area contributed by atoms with Gasteiger partial charge in [-0.1, -0.05) is 0 Å². The number of aryl methyl sites for hydroxylation is 1.